The van der Waals surface area contributed by atoms with E-state index in [4.69, 9.17) is 4.55 Å². The first-order valence-corrected chi connectivity index (χ1v) is 11.0. The van der Waals surface area contributed by atoms with Gasteiger partial charge in [0, 0.05) is 0 Å². The van der Waals surface area contributed by atoms with Crippen molar-refractivity contribution < 1.29 is 17.2 Å². The van der Waals surface area contributed by atoms with E-state index in [2.05, 4.69) is 30.1 Å². The fraction of sp³-hybridized carbons (Fsp3) is 1.00. The fourth-order valence-electron chi connectivity index (χ4n) is 2.42. The van der Waals surface area contributed by atoms with Crippen molar-refractivity contribution in [3.05, 3.63) is 0 Å². The molecule has 0 aromatic carbocycles. The molecule has 0 rings (SSSR count). The van der Waals surface area contributed by atoms with Gasteiger partial charge in [0.15, 0.2) is 0 Å². The summed E-state index contributed by atoms with van der Waals surface area (Å²) in [7, 11) is 0.156. The number of nitrogens with zero attached hydrogens (tertiary/aromatic N) is 1. The van der Waals surface area contributed by atoms with Gasteiger partial charge in [0.1, 0.15) is 0 Å². The van der Waals surface area contributed by atoms with E-state index in [1.165, 1.54) is 90.5 Å². The van der Waals surface area contributed by atoms with Crippen LogP contribution in [0.3, 0.4) is 0 Å². The number of rotatable bonds is 15. The lowest BCUT2D eigenvalue weighted by molar-refractivity contribution is 0.283. The van der Waals surface area contributed by atoms with Gasteiger partial charge in [-0.25, -0.2) is 4.18 Å². The molecule has 0 amide bonds. The van der Waals surface area contributed by atoms with E-state index in [0.717, 1.165) is 0 Å². The molecule has 148 valence electrons. The molecule has 0 fully saturated rings. The van der Waals surface area contributed by atoms with E-state index < -0.39 is 10.4 Å². The van der Waals surface area contributed by atoms with E-state index in [9.17, 15) is 8.42 Å². The summed E-state index contributed by atoms with van der Waals surface area (Å²) >= 11 is 0. The van der Waals surface area contributed by atoms with Crippen LogP contribution < -0.4 is 0 Å². The molecule has 24 heavy (non-hydrogen) atoms. The molecule has 0 radical (unpaired) electrons. The predicted octanol–water partition coefficient (Wildman–Crippen LogP) is 5.07. The van der Waals surface area contributed by atoms with E-state index in [-0.39, 0.29) is 6.61 Å². The smallest absolute Gasteiger partial charge is 0.309 e. The lowest BCUT2D eigenvalue weighted by atomic mass is 10.1. The summed E-state index contributed by atoms with van der Waals surface area (Å²) in [4.78, 5) is 2.29. The molecule has 0 bridgehead atoms. The van der Waals surface area contributed by atoms with Crippen molar-refractivity contribution in [2.45, 2.75) is 90.9 Å². The molecule has 0 heterocycles. The van der Waals surface area contributed by atoms with Crippen LogP contribution >= 0.6 is 0 Å². The molecule has 0 aliphatic rings. The maximum absolute atomic E-state index is 9.56. The third-order valence-electron chi connectivity index (χ3n) is 3.73. The summed E-state index contributed by atoms with van der Waals surface area (Å²) in [5.41, 5.74) is 0. The predicted molar refractivity (Wildman–Crippen MR) is 103 cm³/mol. The van der Waals surface area contributed by atoms with E-state index in [1.54, 1.807) is 0 Å². The monoisotopic (exact) mass is 367 g/mol. The molecule has 0 aliphatic heterocycles. The van der Waals surface area contributed by atoms with Crippen LogP contribution in [0.5, 0.6) is 0 Å². The minimum Gasteiger partial charge on any atom is -0.309 e. The normalized spacial score (nSPS) is 11.4. The van der Waals surface area contributed by atoms with Crippen LogP contribution in [-0.4, -0.2) is 45.1 Å². The standard InChI is InChI=1S/C16H35N.C2H6O4S/c1-4-5-6-7-8-9-10-11-12-13-14-15-16-17(2)3;1-2-6-7(3,4)5/h4-16H2,1-3H3;2H2,1H3,(H,3,4,5). The van der Waals surface area contributed by atoms with Crippen LogP contribution in [0.15, 0.2) is 0 Å². The quantitative estimate of drug-likeness (QED) is 0.323. The summed E-state index contributed by atoms with van der Waals surface area (Å²) < 4.78 is 30.7. The van der Waals surface area contributed by atoms with Crippen molar-refractivity contribution in [1.29, 1.82) is 0 Å². The first-order valence-electron chi connectivity index (χ1n) is 9.60. The van der Waals surface area contributed by atoms with Gasteiger partial charge in [-0.05, 0) is 34.0 Å². The van der Waals surface area contributed by atoms with Crippen molar-refractivity contribution in [3.8, 4) is 0 Å². The summed E-state index contributed by atoms with van der Waals surface area (Å²) in [5, 5.41) is 0. The maximum Gasteiger partial charge on any atom is 0.397 e. The second-order valence-corrected chi connectivity index (χ2v) is 7.62. The zero-order chi connectivity index (χ0) is 18.7. The Balaban J connectivity index is 0. The average Bonchev–Trinajstić information content (AvgIpc) is 2.47. The van der Waals surface area contributed by atoms with Crippen LogP contribution in [0, 0.1) is 0 Å². The van der Waals surface area contributed by atoms with Gasteiger partial charge < -0.3 is 4.90 Å². The van der Waals surface area contributed by atoms with Crippen LogP contribution in [0.4, 0.5) is 0 Å². The summed E-state index contributed by atoms with van der Waals surface area (Å²) in [6.07, 6.45) is 17.3. The zero-order valence-corrected chi connectivity index (χ0v) is 17.2. The van der Waals surface area contributed by atoms with Gasteiger partial charge in [0.2, 0.25) is 0 Å². The second kappa shape index (κ2) is 19.2. The van der Waals surface area contributed by atoms with Gasteiger partial charge in [-0.2, -0.15) is 8.42 Å². The molecule has 0 aromatic heterocycles. The molecule has 5 nitrogen and oxygen atoms in total. The van der Waals surface area contributed by atoms with Gasteiger partial charge >= 0.3 is 10.4 Å². The Morgan fingerprint density at radius 1 is 0.750 bits per heavy atom. The largest absolute Gasteiger partial charge is 0.397 e. The Morgan fingerprint density at radius 3 is 1.38 bits per heavy atom. The van der Waals surface area contributed by atoms with Gasteiger partial charge in [-0.3, -0.25) is 4.55 Å². The first-order chi connectivity index (χ1) is 11.3. The second-order valence-electron chi connectivity index (χ2n) is 6.53. The van der Waals surface area contributed by atoms with Gasteiger partial charge in [-0.1, -0.05) is 77.6 Å². The number of hydrogen-bond donors (Lipinski definition) is 1. The Labute approximate surface area is 151 Å². The van der Waals surface area contributed by atoms with E-state index in [1.807, 2.05) is 0 Å². The Bertz CT molecular complexity index is 332. The average molecular weight is 368 g/mol. The van der Waals surface area contributed by atoms with Gasteiger partial charge in [0.25, 0.3) is 0 Å². The van der Waals surface area contributed by atoms with Crippen molar-refractivity contribution in [3.63, 3.8) is 0 Å². The van der Waals surface area contributed by atoms with Gasteiger partial charge in [0.05, 0.1) is 6.61 Å². The minimum absolute atomic E-state index is 0.0289. The Hall–Kier alpha value is -0.170. The van der Waals surface area contributed by atoms with Crippen LogP contribution in [0.1, 0.15) is 90.9 Å². The molecule has 1 N–H and O–H groups in total. The topological polar surface area (TPSA) is 66.8 Å². The highest BCUT2D eigenvalue weighted by molar-refractivity contribution is 7.80. The molecule has 0 saturated heterocycles. The number of hydrogen-bond acceptors (Lipinski definition) is 4. The van der Waals surface area contributed by atoms with Crippen molar-refractivity contribution in [2.24, 2.45) is 0 Å². The number of unbranched alkanes of at least 4 members (excludes halogenated alkanes) is 11. The molecule has 0 atom stereocenters. The summed E-state index contributed by atoms with van der Waals surface area (Å²) in [6, 6.07) is 0. The molecule has 0 spiro atoms. The SMILES string of the molecule is CCCCCCCCCCCCCCN(C)C.CCOS(=O)(=O)O. The van der Waals surface area contributed by atoms with E-state index in [0.29, 0.717) is 0 Å². The van der Waals surface area contributed by atoms with Crippen LogP contribution in [0.2, 0.25) is 0 Å². The molecule has 6 heteroatoms. The summed E-state index contributed by atoms with van der Waals surface area (Å²) in [6.45, 7) is 4.99. The molecule has 0 aliphatic carbocycles. The van der Waals surface area contributed by atoms with Crippen molar-refractivity contribution in [1.82, 2.24) is 4.90 Å². The molecule has 0 saturated carbocycles. The highest BCUT2D eigenvalue weighted by Gasteiger charge is 1.98. The van der Waals surface area contributed by atoms with Gasteiger partial charge in [-0.15, -0.1) is 0 Å². The lowest BCUT2D eigenvalue weighted by Gasteiger charge is -2.08. The molecular formula is C18H41NO4S. The van der Waals surface area contributed by atoms with E-state index >= 15 is 0 Å². The third-order valence-corrected chi connectivity index (χ3v) is 4.26. The Morgan fingerprint density at radius 2 is 1.12 bits per heavy atom. The van der Waals surface area contributed by atoms with Crippen molar-refractivity contribution >= 4 is 10.4 Å². The highest BCUT2D eigenvalue weighted by atomic mass is 32.3. The molecule has 0 unspecified atom stereocenters. The summed E-state index contributed by atoms with van der Waals surface area (Å²) in [5.74, 6) is 0. The molecule has 0 aromatic rings. The Kier molecular flexibility index (Phi) is 20.8. The van der Waals surface area contributed by atoms with Crippen LogP contribution in [-0.2, 0) is 14.6 Å². The first kappa shape index (κ1) is 26.1. The zero-order valence-electron chi connectivity index (χ0n) is 16.4. The molecular weight excluding hydrogens is 326 g/mol. The van der Waals surface area contributed by atoms with Crippen LogP contribution in [0.25, 0.3) is 0 Å². The fourth-order valence-corrected chi connectivity index (χ4v) is 2.72. The highest BCUT2D eigenvalue weighted by Crippen LogP contribution is 2.11. The lowest BCUT2D eigenvalue weighted by Crippen LogP contribution is -2.12. The third kappa shape index (κ3) is 29.8. The minimum atomic E-state index is -4.17. The van der Waals surface area contributed by atoms with Crippen molar-refractivity contribution in [2.75, 3.05) is 27.2 Å². The maximum atomic E-state index is 9.56.